The van der Waals surface area contributed by atoms with Crippen molar-refractivity contribution in [2.75, 3.05) is 9.80 Å². The lowest BCUT2D eigenvalue weighted by molar-refractivity contribution is 0.809. The first-order valence-corrected chi connectivity index (χ1v) is 35.8. The van der Waals surface area contributed by atoms with E-state index in [0.717, 1.165) is 39.7 Å². The minimum Gasteiger partial charge on any atom is -0.310 e. The molecule has 0 heterocycles. The minimum atomic E-state index is -0.633. The third-order valence-corrected chi connectivity index (χ3v) is 23.4. The van der Waals surface area contributed by atoms with Crippen molar-refractivity contribution in [3.8, 4) is 55.6 Å². The Hall–Kier alpha value is -12.9. The van der Waals surface area contributed by atoms with Crippen molar-refractivity contribution in [3.05, 3.63) is 407 Å². The van der Waals surface area contributed by atoms with E-state index in [1.165, 1.54) is 170 Å². The van der Waals surface area contributed by atoms with Gasteiger partial charge in [0, 0.05) is 34.1 Å². The summed E-state index contributed by atoms with van der Waals surface area (Å²) in [5.74, 6) is 0. The van der Waals surface area contributed by atoms with E-state index in [9.17, 15) is 0 Å². The first-order valence-electron chi connectivity index (χ1n) is 35.8. The van der Waals surface area contributed by atoms with E-state index in [1.54, 1.807) is 0 Å². The molecule has 0 unspecified atom stereocenters. The van der Waals surface area contributed by atoms with E-state index >= 15 is 0 Å². The number of nitrogens with zero attached hydrogens (tertiary/aromatic N) is 2. The summed E-state index contributed by atoms with van der Waals surface area (Å²) < 4.78 is 0. The van der Waals surface area contributed by atoms with Gasteiger partial charge in [-0.15, -0.1) is 0 Å². The van der Waals surface area contributed by atoms with Crippen LogP contribution in [-0.4, -0.2) is 0 Å². The molecule has 0 N–H and O–H groups in total. The molecule has 18 aromatic carbocycles. The summed E-state index contributed by atoms with van der Waals surface area (Å²) in [5, 5.41) is 15.1. The molecule has 2 nitrogen and oxygen atoms in total. The van der Waals surface area contributed by atoms with Gasteiger partial charge in [-0.25, -0.2) is 0 Å². The number of benzene rings is 18. The Kier molecular flexibility index (Phi) is 11.9. The lowest BCUT2D eigenvalue weighted by Crippen LogP contribution is -2.26. The molecule has 474 valence electrons. The van der Waals surface area contributed by atoms with Crippen LogP contribution in [0.1, 0.15) is 55.6 Å². The average Bonchev–Trinajstić information content (AvgIpc) is 1.49. The van der Waals surface area contributed by atoms with Gasteiger partial charge in [-0.1, -0.05) is 279 Å². The summed E-state index contributed by atoms with van der Waals surface area (Å²) >= 11 is 0. The summed E-state index contributed by atoms with van der Waals surface area (Å²) in [7, 11) is 0. The van der Waals surface area contributed by atoms with Crippen LogP contribution in [-0.2, 0) is 10.8 Å². The Bertz CT molecular complexity index is 6580. The molecule has 0 aliphatic heterocycles. The standard InChI is InChI=1S/C100H64N2/c1-61-42-47-68(48-43-61)101(67-24-4-3-5-25-67)71-49-54-73-65(58-71)45-53-87-94-83-36-10-7-30-77(83)88-60-64(44-51-85(88)98(94)100(96(73)87)91-40-18-14-33-80(91)81-34-15-19-41-92(81)100)63-23-21-27-70(57-63)102(69-26-20-22-62(2)56-69)72-50-55-74-66(59-72)46-52-86-93-82-35-9-6-28-75(82)76-29-8-11-37-84(76)97(93)99(95(74)86)89-38-16-12-31-78(89)79-32-13-17-39-90(79)99/h3-60H,1-2H3. The van der Waals surface area contributed by atoms with Crippen LogP contribution in [0.2, 0.25) is 0 Å². The van der Waals surface area contributed by atoms with Crippen LogP contribution < -0.4 is 9.80 Å². The quantitative estimate of drug-likeness (QED) is 0.147. The summed E-state index contributed by atoms with van der Waals surface area (Å²) in [5.41, 5.74) is 31.5. The maximum absolute atomic E-state index is 2.50. The predicted molar refractivity (Wildman–Crippen MR) is 428 cm³/mol. The molecular weight excluding hydrogens is 1230 g/mol. The molecule has 0 fully saturated rings. The monoisotopic (exact) mass is 1290 g/mol. The molecule has 22 rings (SSSR count). The molecule has 0 radical (unpaired) electrons. The van der Waals surface area contributed by atoms with Gasteiger partial charge in [0.2, 0.25) is 0 Å². The van der Waals surface area contributed by atoms with Gasteiger partial charge < -0.3 is 9.80 Å². The zero-order valence-electron chi connectivity index (χ0n) is 56.4. The lowest BCUT2D eigenvalue weighted by Gasteiger charge is -2.33. The zero-order chi connectivity index (χ0) is 67.1. The SMILES string of the molecule is Cc1ccc(N(c2ccccc2)c2ccc3c4c(ccc3c2)-c2c(c3ccc(-c5cccc(N(c6cccc(C)c6)c6ccc7c8c(ccc7c6)-c6c(c7ccccc7c7ccccc67)C86c7ccccc7-c7ccccc76)c5)cc3c3ccccc23)C42c3ccccc3-c3ccccc32)cc1. The highest BCUT2D eigenvalue weighted by atomic mass is 15.1. The highest BCUT2D eigenvalue weighted by Gasteiger charge is 2.56. The number of anilines is 6. The smallest absolute Gasteiger partial charge is 0.0737 e. The second-order valence-corrected chi connectivity index (χ2v) is 28.6. The van der Waals surface area contributed by atoms with Crippen LogP contribution in [0.25, 0.3) is 120 Å². The first kappa shape index (κ1) is 57.1. The fourth-order valence-corrected chi connectivity index (χ4v) is 19.5. The number of para-hydroxylation sites is 1. The predicted octanol–water partition coefficient (Wildman–Crippen LogP) is 26.5. The highest BCUT2D eigenvalue weighted by molar-refractivity contribution is 6.24. The van der Waals surface area contributed by atoms with E-state index in [1.807, 2.05) is 0 Å². The summed E-state index contributed by atoms with van der Waals surface area (Å²) in [6, 6.07) is 134. The van der Waals surface area contributed by atoms with Crippen molar-refractivity contribution < 1.29 is 0 Å². The maximum atomic E-state index is 2.50. The molecule has 0 saturated carbocycles. The van der Waals surface area contributed by atoms with E-state index in [2.05, 4.69) is 375 Å². The van der Waals surface area contributed by atoms with Crippen molar-refractivity contribution >= 4 is 98.8 Å². The minimum absolute atomic E-state index is 0.567. The van der Waals surface area contributed by atoms with Gasteiger partial charge in [-0.05, 0) is 263 Å². The van der Waals surface area contributed by atoms with Gasteiger partial charge >= 0.3 is 0 Å². The van der Waals surface area contributed by atoms with Gasteiger partial charge in [-0.3, -0.25) is 0 Å². The van der Waals surface area contributed by atoms with Crippen molar-refractivity contribution in [2.45, 2.75) is 24.7 Å². The third-order valence-electron chi connectivity index (χ3n) is 23.4. The molecule has 18 aromatic rings. The van der Waals surface area contributed by atoms with E-state index in [-0.39, 0.29) is 0 Å². The normalized spacial score (nSPS) is 13.5. The molecule has 2 heteroatoms. The van der Waals surface area contributed by atoms with Crippen molar-refractivity contribution in [1.82, 2.24) is 0 Å². The molecule has 2 spiro atoms. The molecule has 4 aliphatic carbocycles. The molecule has 0 saturated heterocycles. The molecule has 0 amide bonds. The molecule has 0 atom stereocenters. The fraction of sp³-hybridized carbons (Fsp3) is 0.0400. The van der Waals surface area contributed by atoms with Crippen molar-refractivity contribution in [3.63, 3.8) is 0 Å². The first-order chi connectivity index (χ1) is 50.4. The number of hydrogen-bond donors (Lipinski definition) is 0. The van der Waals surface area contributed by atoms with E-state index in [0.29, 0.717) is 0 Å². The topological polar surface area (TPSA) is 6.48 Å². The van der Waals surface area contributed by atoms with Crippen LogP contribution in [0.4, 0.5) is 34.1 Å². The second-order valence-electron chi connectivity index (χ2n) is 28.6. The Morgan fingerprint density at radius 2 is 0.569 bits per heavy atom. The number of fused-ring (bicyclic) bond motifs is 34. The van der Waals surface area contributed by atoms with Gasteiger partial charge in [0.15, 0.2) is 0 Å². The molecule has 4 aliphatic rings. The third kappa shape index (κ3) is 7.62. The van der Waals surface area contributed by atoms with E-state index in [4.69, 9.17) is 0 Å². The largest absolute Gasteiger partial charge is 0.310 e. The summed E-state index contributed by atoms with van der Waals surface area (Å²) in [4.78, 5) is 4.87. The summed E-state index contributed by atoms with van der Waals surface area (Å²) in [6.45, 7) is 4.36. The van der Waals surface area contributed by atoms with Crippen molar-refractivity contribution in [1.29, 1.82) is 0 Å². The Morgan fingerprint density at radius 3 is 1.10 bits per heavy atom. The molecular formula is C100H64N2. The van der Waals surface area contributed by atoms with Crippen molar-refractivity contribution in [2.24, 2.45) is 0 Å². The Balaban J connectivity index is 0.727. The lowest BCUT2D eigenvalue weighted by atomic mass is 9.68. The molecule has 0 bridgehead atoms. The molecule has 0 aromatic heterocycles. The van der Waals surface area contributed by atoms with Gasteiger partial charge in [0.25, 0.3) is 0 Å². The molecule has 102 heavy (non-hydrogen) atoms. The van der Waals surface area contributed by atoms with Crippen LogP contribution >= 0.6 is 0 Å². The number of aryl methyl sites for hydroxylation is 2. The van der Waals surface area contributed by atoms with Gasteiger partial charge in [0.1, 0.15) is 0 Å². The zero-order valence-corrected chi connectivity index (χ0v) is 56.4. The maximum Gasteiger partial charge on any atom is 0.0737 e. The van der Waals surface area contributed by atoms with Crippen LogP contribution in [0.5, 0.6) is 0 Å². The van der Waals surface area contributed by atoms with E-state index < -0.39 is 10.8 Å². The fourth-order valence-electron chi connectivity index (χ4n) is 19.5. The van der Waals surface area contributed by atoms with Gasteiger partial charge in [-0.2, -0.15) is 0 Å². The highest BCUT2D eigenvalue weighted by Crippen LogP contribution is 2.69. The van der Waals surface area contributed by atoms with Crippen LogP contribution in [0.3, 0.4) is 0 Å². The number of rotatable bonds is 7. The average molecular weight is 1290 g/mol. The van der Waals surface area contributed by atoms with Gasteiger partial charge in [0.05, 0.1) is 10.8 Å². The van der Waals surface area contributed by atoms with Crippen LogP contribution in [0.15, 0.2) is 352 Å². The second kappa shape index (κ2) is 21.3. The number of hydrogen-bond acceptors (Lipinski definition) is 2. The summed E-state index contributed by atoms with van der Waals surface area (Å²) in [6.07, 6.45) is 0. The Morgan fingerprint density at radius 1 is 0.196 bits per heavy atom. The van der Waals surface area contributed by atoms with Crippen LogP contribution in [0, 0.1) is 13.8 Å². The Labute approximate surface area is 592 Å².